The number of nitrogens with two attached hydrogens (primary N) is 1. The minimum absolute atomic E-state index is 0.0311. The average Bonchev–Trinajstić information content (AvgIpc) is 2.89. The number of hydrazine groups is 1. The summed E-state index contributed by atoms with van der Waals surface area (Å²) in [6, 6.07) is 8.32. The van der Waals surface area contributed by atoms with E-state index in [9.17, 15) is 0 Å². The number of nitrogens with zero attached hydrogens (tertiary/aromatic N) is 2. The molecule has 4 nitrogen and oxygen atoms in total. The molecular weight excluding hydrogens is 396 g/mol. The minimum Gasteiger partial charge on any atom is -0.271 e. The van der Waals surface area contributed by atoms with Crippen LogP contribution in [0.2, 0.25) is 0 Å². The maximum absolute atomic E-state index is 5.79. The lowest BCUT2D eigenvalue weighted by atomic mass is 10.0. The maximum Gasteiger partial charge on any atom is 0.0624 e. The van der Waals surface area contributed by atoms with Crippen LogP contribution in [0, 0.1) is 0 Å². The van der Waals surface area contributed by atoms with Gasteiger partial charge >= 0.3 is 0 Å². The van der Waals surface area contributed by atoms with Crippen LogP contribution in [0.15, 0.2) is 33.2 Å². The van der Waals surface area contributed by atoms with Gasteiger partial charge in [-0.05, 0) is 43.2 Å². The molecule has 0 saturated heterocycles. The van der Waals surface area contributed by atoms with Gasteiger partial charge < -0.3 is 0 Å². The molecule has 0 aliphatic carbocycles. The summed E-state index contributed by atoms with van der Waals surface area (Å²) >= 11 is 7.12. The van der Waals surface area contributed by atoms with E-state index in [1.807, 2.05) is 12.1 Å². The van der Waals surface area contributed by atoms with E-state index in [4.69, 9.17) is 5.84 Å². The first-order chi connectivity index (χ1) is 10.1. The van der Waals surface area contributed by atoms with Crippen LogP contribution in [-0.4, -0.2) is 9.78 Å². The van der Waals surface area contributed by atoms with E-state index in [0.29, 0.717) is 0 Å². The third-order valence-electron chi connectivity index (χ3n) is 3.52. The third kappa shape index (κ3) is 3.94. The summed E-state index contributed by atoms with van der Waals surface area (Å²) in [5.74, 6) is 5.79. The highest BCUT2D eigenvalue weighted by Gasteiger charge is 2.17. The van der Waals surface area contributed by atoms with Crippen molar-refractivity contribution < 1.29 is 0 Å². The van der Waals surface area contributed by atoms with Gasteiger partial charge in [0.05, 0.1) is 11.7 Å². The van der Waals surface area contributed by atoms with Gasteiger partial charge in [0.2, 0.25) is 0 Å². The number of nitrogens with one attached hydrogen (secondary N) is 1. The molecule has 0 spiro atoms. The molecule has 0 bridgehead atoms. The van der Waals surface area contributed by atoms with Crippen molar-refractivity contribution >= 4 is 31.9 Å². The van der Waals surface area contributed by atoms with E-state index in [0.717, 1.165) is 39.6 Å². The molecule has 0 aliphatic rings. The lowest BCUT2D eigenvalue weighted by molar-refractivity contribution is 0.515. The molecule has 0 amide bonds. The quantitative estimate of drug-likeness (QED) is 0.558. The summed E-state index contributed by atoms with van der Waals surface area (Å²) in [6.07, 6.45) is 1.74. The van der Waals surface area contributed by atoms with Crippen LogP contribution in [0.5, 0.6) is 0 Å². The summed E-state index contributed by atoms with van der Waals surface area (Å²) in [7, 11) is 0. The summed E-state index contributed by atoms with van der Waals surface area (Å²) < 4.78 is 4.14. The zero-order valence-corrected chi connectivity index (χ0v) is 15.4. The minimum atomic E-state index is 0.0311. The van der Waals surface area contributed by atoms with Crippen molar-refractivity contribution in [2.24, 2.45) is 5.84 Å². The van der Waals surface area contributed by atoms with Crippen LogP contribution in [0.1, 0.15) is 36.8 Å². The Morgan fingerprint density at radius 3 is 2.67 bits per heavy atom. The molecule has 0 saturated carbocycles. The Bertz CT molecular complexity index is 610. The van der Waals surface area contributed by atoms with Gasteiger partial charge in [-0.25, -0.2) is 0 Å². The Balaban J connectivity index is 2.30. The highest BCUT2D eigenvalue weighted by Crippen LogP contribution is 2.29. The molecule has 0 radical (unpaired) electrons. The molecule has 1 atom stereocenters. The number of rotatable bonds is 6. The van der Waals surface area contributed by atoms with Gasteiger partial charge in [0.1, 0.15) is 0 Å². The molecule has 1 unspecified atom stereocenters. The van der Waals surface area contributed by atoms with Crippen molar-refractivity contribution in [2.45, 2.75) is 39.3 Å². The number of hydrogen-bond acceptors (Lipinski definition) is 3. The van der Waals surface area contributed by atoms with Gasteiger partial charge in [-0.15, -0.1) is 0 Å². The van der Waals surface area contributed by atoms with Gasteiger partial charge in [-0.2, -0.15) is 5.10 Å². The zero-order chi connectivity index (χ0) is 15.4. The van der Waals surface area contributed by atoms with Crippen LogP contribution in [0.25, 0.3) is 0 Å². The van der Waals surface area contributed by atoms with E-state index in [-0.39, 0.29) is 6.04 Å². The largest absolute Gasteiger partial charge is 0.271 e. The van der Waals surface area contributed by atoms with Crippen LogP contribution < -0.4 is 11.3 Å². The number of halogens is 2. The predicted molar refractivity (Wildman–Crippen MR) is 92.9 cm³/mol. The van der Waals surface area contributed by atoms with Gasteiger partial charge in [0.15, 0.2) is 0 Å². The lowest BCUT2D eigenvalue weighted by Crippen LogP contribution is -2.30. The van der Waals surface area contributed by atoms with Crippen molar-refractivity contribution in [3.05, 3.63) is 50.2 Å². The molecule has 0 aliphatic heterocycles. The molecule has 2 rings (SSSR count). The Morgan fingerprint density at radius 2 is 2.05 bits per heavy atom. The van der Waals surface area contributed by atoms with Crippen molar-refractivity contribution in [1.29, 1.82) is 0 Å². The van der Waals surface area contributed by atoms with Crippen LogP contribution >= 0.6 is 31.9 Å². The third-order valence-corrected chi connectivity index (χ3v) is 4.74. The average molecular weight is 416 g/mol. The van der Waals surface area contributed by atoms with Gasteiger partial charge in [0, 0.05) is 27.6 Å². The van der Waals surface area contributed by atoms with E-state index >= 15 is 0 Å². The summed E-state index contributed by atoms with van der Waals surface area (Å²) in [4.78, 5) is 0. The first kappa shape index (κ1) is 16.7. The molecule has 6 heteroatoms. The van der Waals surface area contributed by atoms with E-state index in [2.05, 4.69) is 73.0 Å². The molecule has 21 heavy (non-hydrogen) atoms. The fraction of sp³-hybridized carbons (Fsp3) is 0.400. The number of hydrogen-bond donors (Lipinski definition) is 2. The second-order valence-electron chi connectivity index (χ2n) is 4.89. The van der Waals surface area contributed by atoms with E-state index in [1.165, 1.54) is 5.69 Å². The maximum atomic E-state index is 5.79. The Hall–Kier alpha value is -0.690. The van der Waals surface area contributed by atoms with Crippen molar-refractivity contribution in [1.82, 2.24) is 15.2 Å². The standard InChI is InChI=1S/C15H20Br2N4/c1-3-11-8-12(21(4-2)20-11)9-15(19-18)13-7-10(16)5-6-14(13)17/h5-8,15,19H,3-4,9,18H2,1-2H3. The molecule has 114 valence electrons. The second kappa shape index (κ2) is 7.54. The molecule has 3 N–H and O–H groups in total. The molecule has 1 aromatic carbocycles. The normalized spacial score (nSPS) is 12.6. The van der Waals surface area contributed by atoms with Gasteiger partial charge in [-0.3, -0.25) is 16.0 Å². The molecule has 1 aromatic heterocycles. The Morgan fingerprint density at radius 1 is 1.29 bits per heavy atom. The van der Waals surface area contributed by atoms with Crippen LogP contribution in [-0.2, 0) is 19.4 Å². The van der Waals surface area contributed by atoms with E-state index < -0.39 is 0 Å². The number of aromatic nitrogens is 2. The van der Waals surface area contributed by atoms with Gasteiger partial charge in [0.25, 0.3) is 0 Å². The van der Waals surface area contributed by atoms with Crippen molar-refractivity contribution in [3.63, 3.8) is 0 Å². The number of benzene rings is 1. The SMILES string of the molecule is CCc1cc(CC(NN)c2cc(Br)ccc2Br)n(CC)n1. The van der Waals surface area contributed by atoms with Crippen LogP contribution in [0.3, 0.4) is 0 Å². The smallest absolute Gasteiger partial charge is 0.0624 e. The summed E-state index contributed by atoms with van der Waals surface area (Å²) in [5.41, 5.74) is 6.37. The first-order valence-electron chi connectivity index (χ1n) is 7.05. The van der Waals surface area contributed by atoms with E-state index in [1.54, 1.807) is 0 Å². The van der Waals surface area contributed by atoms with Crippen molar-refractivity contribution in [2.75, 3.05) is 0 Å². The molecule has 1 heterocycles. The molecule has 2 aromatic rings. The zero-order valence-electron chi connectivity index (χ0n) is 12.2. The van der Waals surface area contributed by atoms with Gasteiger partial charge in [-0.1, -0.05) is 38.8 Å². The van der Waals surface area contributed by atoms with Crippen molar-refractivity contribution in [3.8, 4) is 0 Å². The molecular formula is C15H20Br2N4. The fourth-order valence-electron chi connectivity index (χ4n) is 2.38. The molecule has 0 fully saturated rings. The fourth-order valence-corrected chi connectivity index (χ4v) is 3.28. The van der Waals surface area contributed by atoms with Crippen LogP contribution in [0.4, 0.5) is 0 Å². The first-order valence-corrected chi connectivity index (χ1v) is 8.64. The highest BCUT2D eigenvalue weighted by atomic mass is 79.9. The summed E-state index contributed by atoms with van der Waals surface area (Å²) in [5, 5.41) is 4.60. The lowest BCUT2D eigenvalue weighted by Gasteiger charge is -2.18. The highest BCUT2D eigenvalue weighted by molar-refractivity contribution is 9.11. The number of aryl methyl sites for hydroxylation is 2. The Labute approximate surface area is 142 Å². The topological polar surface area (TPSA) is 55.9 Å². The monoisotopic (exact) mass is 414 g/mol. The second-order valence-corrected chi connectivity index (χ2v) is 6.66. The Kier molecular flexibility index (Phi) is 5.98. The summed E-state index contributed by atoms with van der Waals surface area (Å²) in [6.45, 7) is 5.10. The predicted octanol–water partition coefficient (Wildman–Crippen LogP) is 3.74.